The van der Waals surface area contributed by atoms with Crippen molar-refractivity contribution in [3.8, 4) is 17.8 Å². The first-order chi connectivity index (χ1) is 16.1. The van der Waals surface area contributed by atoms with Gasteiger partial charge in [-0.15, -0.1) is 20.4 Å². The maximum atomic E-state index is 13.2. The second-order valence-electron chi connectivity index (χ2n) is 8.70. The summed E-state index contributed by atoms with van der Waals surface area (Å²) in [5, 5.41) is 27.9. The molecule has 34 heavy (non-hydrogen) atoms. The van der Waals surface area contributed by atoms with E-state index in [-0.39, 0.29) is 28.7 Å². The van der Waals surface area contributed by atoms with Crippen molar-refractivity contribution in [2.24, 2.45) is 0 Å². The molecule has 0 radical (unpaired) electrons. The largest absolute Gasteiger partial charge is 0.412 e. The fraction of sp³-hybridized carbons (Fsp3) is 0.526. The summed E-state index contributed by atoms with van der Waals surface area (Å²) in [6.45, 7) is 5.14. The van der Waals surface area contributed by atoms with Crippen molar-refractivity contribution in [2.75, 3.05) is 18.0 Å². The first-order valence-corrected chi connectivity index (χ1v) is 12.1. The Morgan fingerprint density at radius 2 is 1.94 bits per heavy atom. The van der Waals surface area contributed by atoms with Gasteiger partial charge in [0, 0.05) is 31.4 Å². The number of nitriles is 1. The van der Waals surface area contributed by atoms with E-state index in [2.05, 4.69) is 30.4 Å². The molecule has 1 aliphatic carbocycles. The molecule has 2 fully saturated rings. The molecular formula is C19H21F2N9O3S. The predicted molar refractivity (Wildman–Crippen MR) is 113 cm³/mol. The molecule has 0 aromatic carbocycles. The summed E-state index contributed by atoms with van der Waals surface area (Å²) in [6.07, 6.45) is -0.881. The van der Waals surface area contributed by atoms with Gasteiger partial charge in [-0.1, -0.05) is 0 Å². The highest BCUT2D eigenvalue weighted by Crippen LogP contribution is 2.37. The molecule has 1 aliphatic heterocycles. The van der Waals surface area contributed by atoms with Gasteiger partial charge in [-0.2, -0.15) is 18.8 Å². The van der Waals surface area contributed by atoms with Crippen molar-refractivity contribution < 1.29 is 21.6 Å². The Kier molecular flexibility index (Phi) is 5.26. The number of aromatic nitrogens is 5. The Labute approximate surface area is 193 Å². The van der Waals surface area contributed by atoms with E-state index in [0.717, 1.165) is 0 Å². The van der Waals surface area contributed by atoms with E-state index in [1.807, 2.05) is 24.8 Å². The first-order valence-electron chi connectivity index (χ1n) is 10.6. The van der Waals surface area contributed by atoms with Gasteiger partial charge in [0.15, 0.2) is 5.65 Å². The second-order valence-corrected chi connectivity index (χ2v) is 10.4. The number of sulfonamides is 1. The van der Waals surface area contributed by atoms with E-state index in [4.69, 9.17) is 4.42 Å². The zero-order chi connectivity index (χ0) is 24.3. The van der Waals surface area contributed by atoms with Gasteiger partial charge >= 0.3 is 6.43 Å². The standard InChI is InChI=1S/C19H21F2N9O3S/c1-10-6-29(7-11(2)23-10)13-5-12(34(31,32)28-19(9-22)3-4-19)8-30-15(13)24-25-16(30)18-27-26-17(33-18)14(20)21/h5,8,10-11,14,23,28H,3-4,6-7H2,1-2H3/t10-,11-/m0/s1. The van der Waals surface area contributed by atoms with E-state index < -0.39 is 27.9 Å². The Morgan fingerprint density at radius 1 is 1.24 bits per heavy atom. The number of halogens is 2. The monoisotopic (exact) mass is 493 g/mol. The Hall–Kier alpha value is -3.22. The molecule has 0 unspecified atom stereocenters. The summed E-state index contributed by atoms with van der Waals surface area (Å²) in [5.41, 5.74) is -0.341. The number of alkyl halides is 2. The van der Waals surface area contributed by atoms with Gasteiger partial charge in [-0.3, -0.25) is 4.40 Å². The van der Waals surface area contributed by atoms with Crippen LogP contribution in [0.15, 0.2) is 21.6 Å². The molecule has 0 bridgehead atoms. The molecule has 1 saturated carbocycles. The molecule has 3 aromatic heterocycles. The Balaban J connectivity index is 1.67. The van der Waals surface area contributed by atoms with Gasteiger partial charge in [0.2, 0.25) is 15.8 Å². The van der Waals surface area contributed by atoms with Gasteiger partial charge in [0.1, 0.15) is 10.4 Å². The number of anilines is 1. The third-order valence-corrected chi connectivity index (χ3v) is 7.28. The third kappa shape index (κ3) is 3.97. The number of hydrogen-bond donors (Lipinski definition) is 2. The van der Waals surface area contributed by atoms with Crippen LogP contribution in [-0.2, 0) is 10.0 Å². The SMILES string of the molecule is C[C@H]1CN(c2cc(S(=O)(=O)NC3(C#N)CC3)cn3c(-c4nnc(C(F)F)o4)nnc23)C[C@H](C)N1. The maximum absolute atomic E-state index is 13.2. The highest BCUT2D eigenvalue weighted by Gasteiger charge is 2.47. The molecule has 2 aliphatic rings. The molecule has 2 N–H and O–H groups in total. The second kappa shape index (κ2) is 7.93. The van der Waals surface area contributed by atoms with E-state index in [1.54, 1.807) is 0 Å². The van der Waals surface area contributed by atoms with Gasteiger partial charge < -0.3 is 14.6 Å². The Bertz CT molecular complexity index is 1380. The molecule has 5 rings (SSSR count). The van der Waals surface area contributed by atoms with Crippen molar-refractivity contribution in [3.63, 3.8) is 0 Å². The highest BCUT2D eigenvalue weighted by molar-refractivity contribution is 7.89. The number of hydrogen-bond acceptors (Lipinski definition) is 10. The summed E-state index contributed by atoms with van der Waals surface area (Å²) in [5.74, 6) is -1.29. The normalized spacial score (nSPS) is 22.3. The lowest BCUT2D eigenvalue weighted by Gasteiger charge is -2.37. The van der Waals surface area contributed by atoms with Crippen LogP contribution in [0.4, 0.5) is 14.5 Å². The molecule has 180 valence electrons. The fourth-order valence-corrected chi connectivity index (χ4v) is 5.49. The van der Waals surface area contributed by atoms with Gasteiger partial charge in [0.05, 0.1) is 11.8 Å². The van der Waals surface area contributed by atoms with Crippen LogP contribution in [0.3, 0.4) is 0 Å². The van der Waals surface area contributed by atoms with Crippen LogP contribution in [0.5, 0.6) is 0 Å². The van der Waals surface area contributed by atoms with E-state index >= 15 is 0 Å². The molecule has 0 spiro atoms. The highest BCUT2D eigenvalue weighted by atomic mass is 32.2. The molecular weight excluding hydrogens is 472 g/mol. The minimum atomic E-state index is -4.11. The van der Waals surface area contributed by atoms with Crippen molar-refractivity contribution in [3.05, 3.63) is 18.2 Å². The summed E-state index contributed by atoms with van der Waals surface area (Å²) in [7, 11) is -4.11. The molecule has 12 nitrogen and oxygen atoms in total. The van der Waals surface area contributed by atoms with E-state index in [1.165, 1.54) is 16.7 Å². The molecule has 3 aromatic rings. The number of nitrogens with zero attached hydrogens (tertiary/aromatic N) is 7. The number of nitrogens with one attached hydrogen (secondary N) is 2. The maximum Gasteiger partial charge on any atom is 0.314 e. The minimum absolute atomic E-state index is 0.0784. The van der Waals surface area contributed by atoms with E-state index in [9.17, 15) is 22.5 Å². The number of piperazine rings is 1. The fourth-order valence-electron chi connectivity index (χ4n) is 4.09. The molecule has 0 amide bonds. The van der Waals surface area contributed by atoms with Crippen molar-refractivity contribution in [1.82, 2.24) is 34.8 Å². The van der Waals surface area contributed by atoms with Crippen LogP contribution >= 0.6 is 0 Å². The lowest BCUT2D eigenvalue weighted by atomic mass is 10.1. The van der Waals surface area contributed by atoms with Gasteiger partial charge in [-0.25, -0.2) is 8.42 Å². The van der Waals surface area contributed by atoms with Crippen molar-refractivity contribution in [2.45, 2.75) is 55.6 Å². The average molecular weight is 494 g/mol. The summed E-state index contributed by atoms with van der Waals surface area (Å²) in [4.78, 5) is 1.85. The van der Waals surface area contributed by atoms with Crippen LogP contribution in [0.25, 0.3) is 17.4 Å². The van der Waals surface area contributed by atoms with Crippen LogP contribution in [-0.4, -0.2) is 63.9 Å². The third-order valence-electron chi connectivity index (χ3n) is 5.78. The van der Waals surface area contributed by atoms with Gasteiger partial charge in [-0.05, 0) is 32.8 Å². The van der Waals surface area contributed by atoms with Crippen LogP contribution in [0, 0.1) is 11.3 Å². The minimum Gasteiger partial charge on any atom is -0.412 e. The summed E-state index contributed by atoms with van der Waals surface area (Å²) < 4.78 is 61.2. The number of rotatable bonds is 6. The van der Waals surface area contributed by atoms with Crippen molar-refractivity contribution >= 4 is 21.4 Å². The molecule has 15 heteroatoms. The lowest BCUT2D eigenvalue weighted by molar-refractivity contribution is 0.116. The molecule has 1 saturated heterocycles. The van der Waals surface area contributed by atoms with Crippen LogP contribution < -0.4 is 14.9 Å². The quantitative estimate of drug-likeness (QED) is 0.512. The first kappa shape index (κ1) is 22.6. The van der Waals surface area contributed by atoms with Gasteiger partial charge in [0.25, 0.3) is 11.8 Å². The summed E-state index contributed by atoms with van der Waals surface area (Å²) >= 11 is 0. The lowest BCUT2D eigenvalue weighted by Crippen LogP contribution is -2.54. The smallest absolute Gasteiger partial charge is 0.314 e. The van der Waals surface area contributed by atoms with Crippen molar-refractivity contribution in [1.29, 1.82) is 5.26 Å². The topological polar surface area (TPSA) is 154 Å². The van der Waals surface area contributed by atoms with E-state index in [0.29, 0.717) is 37.3 Å². The zero-order valence-electron chi connectivity index (χ0n) is 18.2. The predicted octanol–water partition coefficient (Wildman–Crippen LogP) is 1.24. The van der Waals surface area contributed by atoms with Crippen LogP contribution in [0.1, 0.15) is 39.0 Å². The summed E-state index contributed by atoms with van der Waals surface area (Å²) in [6, 6.07) is 3.71. The molecule has 2 atom stereocenters. The number of fused-ring (bicyclic) bond motifs is 1. The zero-order valence-corrected chi connectivity index (χ0v) is 19.1. The Morgan fingerprint density at radius 3 is 2.53 bits per heavy atom. The van der Waals surface area contributed by atoms with Crippen LogP contribution in [0.2, 0.25) is 0 Å². The number of pyridine rings is 1. The average Bonchev–Trinajstić information content (AvgIpc) is 3.18. The molecule has 4 heterocycles.